The van der Waals surface area contributed by atoms with E-state index in [1.165, 1.54) is 50.7 Å². The van der Waals surface area contributed by atoms with Crippen molar-refractivity contribution in [3.05, 3.63) is 91.7 Å². The van der Waals surface area contributed by atoms with E-state index in [4.69, 9.17) is 0 Å². The van der Waals surface area contributed by atoms with E-state index in [9.17, 15) is 9.59 Å². The number of nitrogens with one attached hydrogen (secondary N) is 2. The zero-order chi connectivity index (χ0) is 39.4. The van der Waals surface area contributed by atoms with E-state index in [0.717, 1.165) is 50.7 Å². The van der Waals surface area contributed by atoms with Gasteiger partial charge in [0, 0.05) is 0 Å². The third-order valence-electron chi connectivity index (χ3n) is 13.0. The summed E-state index contributed by atoms with van der Waals surface area (Å²) >= 11 is -5.20. The summed E-state index contributed by atoms with van der Waals surface area (Å²) in [5, 5.41) is 5.53. The molecule has 2 aromatic carbocycles. The topological polar surface area (TPSA) is 58.2 Å². The Morgan fingerprint density at radius 3 is 1.35 bits per heavy atom. The van der Waals surface area contributed by atoms with Crippen LogP contribution >= 0.6 is 0 Å². The van der Waals surface area contributed by atoms with Crippen LogP contribution in [-0.4, -0.2) is 11.8 Å². The first kappa shape index (κ1) is 41.4. The van der Waals surface area contributed by atoms with E-state index >= 15 is 17.6 Å². The van der Waals surface area contributed by atoms with Crippen molar-refractivity contribution in [3.63, 3.8) is 0 Å². The van der Waals surface area contributed by atoms with Crippen molar-refractivity contribution in [2.75, 3.05) is 10.6 Å². The Bertz CT molecular complexity index is 1750. The molecule has 0 spiro atoms. The van der Waals surface area contributed by atoms with Crippen molar-refractivity contribution in [3.8, 4) is 0 Å². The van der Waals surface area contributed by atoms with Gasteiger partial charge in [-0.15, -0.1) is 0 Å². The third-order valence-corrected chi connectivity index (χ3v) is 20.9. The number of rotatable bonds is 14. The molecule has 0 unspecified atom stereocenters. The molecule has 4 aliphatic rings. The first-order chi connectivity index (χ1) is 26.3. The summed E-state index contributed by atoms with van der Waals surface area (Å²) in [6, 6.07) is 4.62. The SMILES string of the molecule is CC(C)(CCC1CCCCC1)C(=O)Nc1ccc(F)[c]([Ti]([C]2=CC=CC2)([C]2=CC=CC2)[c]2c(F)ccc(NC(=O)C(C)(C)CCC3CCCCC3)c2F)c1F. The fourth-order valence-corrected chi connectivity index (χ4v) is 17.6. The van der Waals surface area contributed by atoms with Crippen LogP contribution in [0.1, 0.15) is 130 Å². The Hall–Kier alpha value is -3.23. The van der Waals surface area contributed by atoms with Gasteiger partial charge in [0.15, 0.2) is 0 Å². The Morgan fingerprint density at radius 2 is 1.00 bits per heavy atom. The van der Waals surface area contributed by atoms with Gasteiger partial charge < -0.3 is 0 Å². The molecule has 2 amide bonds. The molecular weight excluding hydrogens is 736 g/mol. The fourth-order valence-electron chi connectivity index (χ4n) is 9.30. The maximum atomic E-state index is 17.4. The molecule has 296 valence electrons. The molecule has 9 heteroatoms. The summed E-state index contributed by atoms with van der Waals surface area (Å²) in [5.41, 5.74) is -2.10. The van der Waals surface area contributed by atoms with Gasteiger partial charge in [0.1, 0.15) is 0 Å². The van der Waals surface area contributed by atoms with Gasteiger partial charge in [0.25, 0.3) is 0 Å². The predicted molar refractivity (Wildman–Crippen MR) is 212 cm³/mol. The van der Waals surface area contributed by atoms with Crippen LogP contribution in [0.4, 0.5) is 28.9 Å². The number of carbonyl (C=O) groups excluding carboxylic acids is 2. The van der Waals surface area contributed by atoms with E-state index in [1.54, 1.807) is 24.3 Å². The van der Waals surface area contributed by atoms with Gasteiger partial charge in [-0.25, -0.2) is 0 Å². The van der Waals surface area contributed by atoms with Gasteiger partial charge in [-0.05, 0) is 0 Å². The number of hydrogen-bond donors (Lipinski definition) is 2. The first-order valence-corrected chi connectivity index (χ1v) is 23.7. The van der Waals surface area contributed by atoms with Crippen LogP contribution in [0, 0.1) is 45.9 Å². The third kappa shape index (κ3) is 8.86. The van der Waals surface area contributed by atoms with Gasteiger partial charge in [-0.2, -0.15) is 0 Å². The van der Waals surface area contributed by atoms with Crippen molar-refractivity contribution in [1.82, 2.24) is 0 Å². The number of anilines is 2. The molecule has 4 aliphatic carbocycles. The Labute approximate surface area is 328 Å². The van der Waals surface area contributed by atoms with Crippen LogP contribution in [0.25, 0.3) is 0 Å². The van der Waals surface area contributed by atoms with Crippen molar-refractivity contribution >= 4 is 30.9 Å². The molecule has 0 radical (unpaired) electrons. The maximum absolute atomic E-state index is 17.4. The zero-order valence-electron chi connectivity index (χ0n) is 33.1. The van der Waals surface area contributed by atoms with E-state index < -0.39 is 70.2 Å². The predicted octanol–water partition coefficient (Wildman–Crippen LogP) is 11.7. The summed E-state index contributed by atoms with van der Waals surface area (Å²) in [6.45, 7) is 7.34. The van der Waals surface area contributed by atoms with E-state index in [1.807, 2.05) is 39.8 Å². The van der Waals surface area contributed by atoms with Gasteiger partial charge in [0.05, 0.1) is 0 Å². The summed E-state index contributed by atoms with van der Waals surface area (Å²) in [6.07, 6.45) is 26.0. The van der Waals surface area contributed by atoms with Crippen LogP contribution in [0.5, 0.6) is 0 Å². The number of allylic oxidation sites excluding steroid dienone is 8. The average molecular weight is 795 g/mol. The number of amides is 2. The monoisotopic (exact) mass is 794 g/mol. The normalized spacial score (nSPS) is 18.4. The molecule has 2 N–H and O–H groups in total. The molecule has 6 rings (SSSR count). The van der Waals surface area contributed by atoms with E-state index in [2.05, 4.69) is 10.6 Å². The molecule has 0 aliphatic heterocycles. The van der Waals surface area contributed by atoms with E-state index in [-0.39, 0.29) is 24.2 Å². The molecule has 0 atom stereocenters. The molecule has 2 saturated carbocycles. The Balaban J connectivity index is 1.39. The van der Waals surface area contributed by atoms with Gasteiger partial charge >= 0.3 is 330 Å². The Kier molecular flexibility index (Phi) is 13.2. The summed E-state index contributed by atoms with van der Waals surface area (Å²) in [5.74, 6) is -3.56. The van der Waals surface area contributed by atoms with Crippen molar-refractivity contribution in [2.45, 2.75) is 130 Å². The molecule has 0 saturated heterocycles. The van der Waals surface area contributed by atoms with Crippen LogP contribution in [0.3, 0.4) is 0 Å². The fraction of sp³-hybridized carbons (Fsp3) is 0.522. The van der Waals surface area contributed by atoms with Crippen molar-refractivity contribution < 1.29 is 43.7 Å². The van der Waals surface area contributed by atoms with Crippen molar-refractivity contribution in [1.29, 1.82) is 0 Å². The van der Waals surface area contributed by atoms with Gasteiger partial charge in [-0.1, -0.05) is 0 Å². The minimum absolute atomic E-state index is 0.217. The molecule has 0 aromatic heterocycles. The van der Waals surface area contributed by atoms with Gasteiger partial charge in [-0.3, -0.25) is 0 Å². The second-order valence-corrected chi connectivity index (χ2v) is 23.6. The summed E-state index contributed by atoms with van der Waals surface area (Å²) in [4.78, 5) is 27.6. The van der Waals surface area contributed by atoms with Crippen molar-refractivity contribution in [2.24, 2.45) is 22.7 Å². The average Bonchev–Trinajstić information content (AvgIpc) is 3.92. The molecular formula is C46H58F4N2O2Ti. The summed E-state index contributed by atoms with van der Waals surface area (Å²) < 4.78 is 68.5. The standard InChI is InChI=1S/2C18H24F2NO.2C5H5.Ti/c2*1-18(2,11-10-13-6-4-3-5-7-13)17(22)21-16-9-8-14(19)12-15(16)20;2*1-2-4-5-3-1;/h2*8-9,13H,3-7,10-11H2,1-2H3,(H,21,22);2*1-3H,4H2;. The van der Waals surface area contributed by atoms with Crippen LogP contribution < -0.4 is 18.4 Å². The number of benzene rings is 2. The number of hydrogen-bond acceptors (Lipinski definition) is 2. The number of halogens is 4. The quantitative estimate of drug-likeness (QED) is 0.148. The van der Waals surface area contributed by atoms with E-state index in [0.29, 0.717) is 32.4 Å². The van der Waals surface area contributed by atoms with Crippen LogP contribution in [0.2, 0.25) is 0 Å². The first-order valence-electron chi connectivity index (χ1n) is 20.6. The summed E-state index contributed by atoms with van der Waals surface area (Å²) in [7, 11) is 0. The molecule has 0 heterocycles. The second-order valence-electron chi connectivity index (χ2n) is 17.7. The molecule has 2 fully saturated rings. The second kappa shape index (κ2) is 17.5. The zero-order valence-corrected chi connectivity index (χ0v) is 34.6. The molecule has 2 aromatic rings. The minimum atomic E-state index is -5.20. The van der Waals surface area contributed by atoms with Crippen LogP contribution in [-0.2, 0) is 26.2 Å². The molecule has 0 bridgehead atoms. The molecule has 55 heavy (non-hydrogen) atoms. The number of carbonyl (C=O) groups is 2. The van der Waals surface area contributed by atoms with Gasteiger partial charge in [0.2, 0.25) is 0 Å². The Morgan fingerprint density at radius 1 is 0.618 bits per heavy atom. The molecule has 4 nitrogen and oxygen atoms in total. The van der Waals surface area contributed by atoms with Crippen LogP contribution in [0.15, 0.2) is 68.5 Å².